The molecule has 7 heteroatoms. The van der Waals surface area contributed by atoms with Crippen LogP contribution in [0.5, 0.6) is 11.5 Å². The van der Waals surface area contributed by atoms with Crippen molar-refractivity contribution in [3.63, 3.8) is 0 Å². The van der Waals surface area contributed by atoms with E-state index in [2.05, 4.69) is 9.47 Å². The number of hydrogen-bond donors (Lipinski definition) is 1. The smallest absolute Gasteiger partial charge is 0.387 e. The Labute approximate surface area is 101 Å². The van der Waals surface area contributed by atoms with Gasteiger partial charge in [-0.05, 0) is 19.1 Å². The van der Waals surface area contributed by atoms with Crippen molar-refractivity contribution >= 4 is 5.97 Å². The molecule has 0 aliphatic heterocycles. The van der Waals surface area contributed by atoms with Crippen molar-refractivity contribution in [2.75, 3.05) is 6.61 Å². The predicted molar refractivity (Wildman–Crippen MR) is 55.4 cm³/mol. The first-order valence-corrected chi connectivity index (χ1v) is 4.89. The van der Waals surface area contributed by atoms with Crippen LogP contribution in [0.2, 0.25) is 0 Å². The van der Waals surface area contributed by atoms with Crippen LogP contribution in [0.4, 0.5) is 8.78 Å². The second kappa shape index (κ2) is 5.82. The fraction of sp³-hybridized carbons (Fsp3) is 0.273. The Morgan fingerprint density at radius 2 is 2.22 bits per heavy atom. The van der Waals surface area contributed by atoms with E-state index in [9.17, 15) is 18.7 Å². The number of phenolic OH excluding ortho intramolecular Hbond substituents is 1. The molecule has 0 bridgehead atoms. The first-order chi connectivity index (χ1) is 8.51. The summed E-state index contributed by atoms with van der Waals surface area (Å²) in [5, 5.41) is 18.2. The van der Waals surface area contributed by atoms with Crippen LogP contribution in [0.3, 0.4) is 0 Å². The Morgan fingerprint density at radius 3 is 2.72 bits per heavy atom. The van der Waals surface area contributed by atoms with Crippen molar-refractivity contribution in [3.8, 4) is 17.6 Å². The quantitative estimate of drug-likeness (QED) is 0.835. The van der Waals surface area contributed by atoms with Crippen LogP contribution in [-0.2, 0) is 4.74 Å². The molecule has 0 saturated heterocycles. The van der Waals surface area contributed by atoms with Gasteiger partial charge in [-0.15, -0.1) is 0 Å². The van der Waals surface area contributed by atoms with E-state index in [4.69, 9.17) is 5.26 Å². The number of ether oxygens (including phenoxy) is 2. The zero-order valence-electron chi connectivity index (χ0n) is 9.31. The summed E-state index contributed by atoms with van der Waals surface area (Å²) in [5.41, 5.74) is -0.882. The molecule has 0 unspecified atom stereocenters. The Hall–Kier alpha value is -2.36. The number of hydrogen-bond acceptors (Lipinski definition) is 5. The van der Waals surface area contributed by atoms with Gasteiger partial charge in [0, 0.05) is 0 Å². The summed E-state index contributed by atoms with van der Waals surface area (Å²) in [5.74, 6) is -2.32. The van der Waals surface area contributed by atoms with E-state index < -0.39 is 29.6 Å². The number of benzene rings is 1. The fourth-order valence-corrected chi connectivity index (χ4v) is 1.27. The van der Waals surface area contributed by atoms with E-state index in [-0.39, 0.29) is 12.2 Å². The van der Waals surface area contributed by atoms with Gasteiger partial charge in [0.25, 0.3) is 0 Å². The maximum absolute atomic E-state index is 12.2. The first-order valence-electron chi connectivity index (χ1n) is 4.89. The van der Waals surface area contributed by atoms with E-state index in [0.29, 0.717) is 0 Å². The summed E-state index contributed by atoms with van der Waals surface area (Å²) < 4.78 is 33.2. The summed E-state index contributed by atoms with van der Waals surface area (Å²) in [6.45, 7) is -1.73. The molecule has 0 atom stereocenters. The molecular weight excluding hydrogens is 248 g/mol. The SMILES string of the molecule is CCOC(=O)c1c(O)ccc(C#N)c1OC(F)F. The normalized spacial score (nSPS) is 9.94. The van der Waals surface area contributed by atoms with Crippen LogP contribution >= 0.6 is 0 Å². The number of esters is 1. The monoisotopic (exact) mass is 257 g/mol. The van der Waals surface area contributed by atoms with Crippen LogP contribution in [0.25, 0.3) is 0 Å². The molecule has 0 amide bonds. The molecule has 96 valence electrons. The zero-order valence-corrected chi connectivity index (χ0v) is 9.31. The van der Waals surface area contributed by atoms with E-state index in [1.165, 1.54) is 6.92 Å². The van der Waals surface area contributed by atoms with Gasteiger partial charge in [-0.25, -0.2) is 4.79 Å². The molecule has 0 heterocycles. The first kappa shape index (κ1) is 13.7. The van der Waals surface area contributed by atoms with Gasteiger partial charge in [0.05, 0.1) is 12.2 Å². The molecule has 0 spiro atoms. The van der Waals surface area contributed by atoms with E-state index in [0.717, 1.165) is 12.1 Å². The van der Waals surface area contributed by atoms with Gasteiger partial charge in [-0.1, -0.05) is 0 Å². The van der Waals surface area contributed by atoms with Gasteiger partial charge >= 0.3 is 12.6 Å². The number of carbonyl (C=O) groups is 1. The number of halogens is 2. The second-order valence-electron chi connectivity index (χ2n) is 3.05. The number of nitrogens with zero attached hydrogens (tertiary/aromatic N) is 1. The zero-order chi connectivity index (χ0) is 13.7. The number of phenols is 1. The van der Waals surface area contributed by atoms with Gasteiger partial charge in [0.2, 0.25) is 0 Å². The minimum Gasteiger partial charge on any atom is -0.507 e. The molecule has 5 nitrogen and oxygen atoms in total. The Morgan fingerprint density at radius 1 is 1.56 bits per heavy atom. The Kier molecular flexibility index (Phi) is 4.43. The van der Waals surface area contributed by atoms with Crippen molar-refractivity contribution in [1.29, 1.82) is 5.26 Å². The Balaban J connectivity index is 3.36. The van der Waals surface area contributed by atoms with Crippen molar-refractivity contribution in [3.05, 3.63) is 23.3 Å². The summed E-state index contributed by atoms with van der Waals surface area (Å²) in [4.78, 5) is 11.5. The second-order valence-corrected chi connectivity index (χ2v) is 3.05. The van der Waals surface area contributed by atoms with Crippen LogP contribution < -0.4 is 4.74 Å². The maximum atomic E-state index is 12.2. The van der Waals surface area contributed by atoms with Gasteiger partial charge in [0.15, 0.2) is 5.75 Å². The third-order valence-corrected chi connectivity index (χ3v) is 1.94. The van der Waals surface area contributed by atoms with Crippen LogP contribution in [0.15, 0.2) is 12.1 Å². The van der Waals surface area contributed by atoms with Gasteiger partial charge in [-0.2, -0.15) is 14.0 Å². The molecule has 18 heavy (non-hydrogen) atoms. The molecule has 1 rings (SSSR count). The summed E-state index contributed by atoms with van der Waals surface area (Å²) >= 11 is 0. The molecule has 1 aromatic carbocycles. The van der Waals surface area contributed by atoms with Crippen molar-refractivity contribution in [1.82, 2.24) is 0 Å². The van der Waals surface area contributed by atoms with E-state index in [1.807, 2.05) is 0 Å². The molecule has 1 aromatic rings. The lowest BCUT2D eigenvalue weighted by atomic mass is 10.1. The van der Waals surface area contributed by atoms with Crippen molar-refractivity contribution in [2.45, 2.75) is 13.5 Å². The third kappa shape index (κ3) is 2.85. The van der Waals surface area contributed by atoms with Gasteiger partial charge in [0.1, 0.15) is 17.4 Å². The number of carbonyl (C=O) groups excluding carboxylic acids is 1. The summed E-state index contributed by atoms with van der Waals surface area (Å²) in [7, 11) is 0. The van der Waals surface area contributed by atoms with Crippen LogP contribution in [0.1, 0.15) is 22.8 Å². The number of nitriles is 1. The largest absolute Gasteiger partial charge is 0.507 e. The number of alkyl halides is 2. The lowest BCUT2D eigenvalue weighted by Gasteiger charge is -2.12. The highest BCUT2D eigenvalue weighted by molar-refractivity contribution is 5.96. The Bertz CT molecular complexity index is 497. The number of rotatable bonds is 4. The highest BCUT2D eigenvalue weighted by Gasteiger charge is 2.24. The van der Waals surface area contributed by atoms with Crippen molar-refractivity contribution in [2.24, 2.45) is 0 Å². The minimum absolute atomic E-state index is 0.0107. The lowest BCUT2D eigenvalue weighted by molar-refractivity contribution is -0.0507. The number of aromatic hydroxyl groups is 1. The molecule has 0 aliphatic carbocycles. The molecule has 0 aliphatic rings. The van der Waals surface area contributed by atoms with Gasteiger partial charge in [-0.3, -0.25) is 0 Å². The highest BCUT2D eigenvalue weighted by Crippen LogP contribution is 2.33. The highest BCUT2D eigenvalue weighted by atomic mass is 19.3. The van der Waals surface area contributed by atoms with Gasteiger partial charge < -0.3 is 14.6 Å². The van der Waals surface area contributed by atoms with Crippen LogP contribution in [0, 0.1) is 11.3 Å². The fourth-order valence-electron chi connectivity index (χ4n) is 1.27. The van der Waals surface area contributed by atoms with Crippen molar-refractivity contribution < 1.29 is 28.2 Å². The minimum atomic E-state index is -3.23. The molecule has 0 fully saturated rings. The summed E-state index contributed by atoms with van der Waals surface area (Å²) in [6, 6.07) is 3.68. The average Bonchev–Trinajstić information content (AvgIpc) is 2.29. The molecule has 1 N–H and O–H groups in total. The summed E-state index contributed by atoms with van der Waals surface area (Å²) in [6.07, 6.45) is 0. The molecular formula is C11H9F2NO4. The third-order valence-electron chi connectivity index (χ3n) is 1.94. The predicted octanol–water partition coefficient (Wildman–Crippen LogP) is 2.04. The van der Waals surface area contributed by atoms with E-state index >= 15 is 0 Å². The van der Waals surface area contributed by atoms with E-state index in [1.54, 1.807) is 6.07 Å². The topological polar surface area (TPSA) is 79.5 Å². The molecule has 0 aromatic heterocycles. The molecule has 0 saturated carbocycles. The maximum Gasteiger partial charge on any atom is 0.387 e. The average molecular weight is 257 g/mol. The van der Waals surface area contributed by atoms with Crippen LogP contribution in [-0.4, -0.2) is 24.3 Å². The standard InChI is InChI=1S/C11H9F2NO4/c1-2-17-10(16)8-7(15)4-3-6(5-14)9(8)18-11(12)13/h3-4,11,15H,2H2,1H3. The molecule has 0 radical (unpaired) electrons. The lowest BCUT2D eigenvalue weighted by Crippen LogP contribution is -2.12.